The molecule has 1 N–H and O–H groups in total. The first-order valence-electron chi connectivity index (χ1n) is 6.83. The lowest BCUT2D eigenvalue weighted by atomic mass is 10.2. The number of benzene rings is 2. The number of para-hydroxylation sites is 1. The number of ether oxygens (including phenoxy) is 1. The Bertz CT molecular complexity index is 817. The molecule has 0 fully saturated rings. The second-order valence-corrected chi connectivity index (χ2v) is 6.61. The minimum absolute atomic E-state index is 0.0382. The fourth-order valence-electron chi connectivity index (χ4n) is 1.84. The number of sulfonamides is 1. The first kappa shape index (κ1) is 16.9. The maximum Gasteiger partial charge on any atom is 0.240 e. The van der Waals surface area contributed by atoms with E-state index in [0.29, 0.717) is 5.75 Å². The fourth-order valence-corrected chi connectivity index (χ4v) is 2.98. The molecule has 0 amide bonds. The fraction of sp³-hybridized carbons (Fsp3) is 0.188. The van der Waals surface area contributed by atoms with Crippen LogP contribution in [0.4, 0.5) is 4.39 Å². The summed E-state index contributed by atoms with van der Waals surface area (Å²) in [5.41, 5.74) is -0.318. The Morgan fingerprint density at radius 2 is 1.96 bits per heavy atom. The van der Waals surface area contributed by atoms with Crippen LogP contribution in [0.5, 0.6) is 5.75 Å². The maximum atomic E-state index is 13.3. The molecule has 2 aromatic rings. The third-order valence-corrected chi connectivity index (χ3v) is 4.43. The number of nitriles is 1. The van der Waals surface area contributed by atoms with Crippen LogP contribution in [0, 0.1) is 17.1 Å². The summed E-state index contributed by atoms with van der Waals surface area (Å²) >= 11 is 0. The molecule has 5 nitrogen and oxygen atoms in total. The third kappa shape index (κ3) is 4.52. The van der Waals surface area contributed by atoms with E-state index in [2.05, 4.69) is 4.72 Å². The molecule has 0 saturated carbocycles. The van der Waals surface area contributed by atoms with Gasteiger partial charge in [0.2, 0.25) is 10.0 Å². The average Bonchev–Trinajstić information content (AvgIpc) is 2.54. The molecular weight excluding hydrogens is 319 g/mol. The number of hydrogen-bond donors (Lipinski definition) is 1. The summed E-state index contributed by atoms with van der Waals surface area (Å²) in [5.74, 6) is -0.125. The van der Waals surface area contributed by atoms with Gasteiger partial charge >= 0.3 is 0 Å². The van der Waals surface area contributed by atoms with Crippen molar-refractivity contribution in [1.29, 1.82) is 5.26 Å². The molecule has 0 saturated heterocycles. The van der Waals surface area contributed by atoms with E-state index in [9.17, 15) is 12.8 Å². The van der Waals surface area contributed by atoms with Gasteiger partial charge in [-0.1, -0.05) is 18.2 Å². The predicted octanol–water partition coefficient (Wildman–Crippen LogP) is 2.44. The Morgan fingerprint density at radius 3 is 2.61 bits per heavy atom. The molecule has 1 atom stereocenters. The Labute approximate surface area is 134 Å². The zero-order valence-corrected chi connectivity index (χ0v) is 13.2. The lowest BCUT2D eigenvalue weighted by Crippen LogP contribution is -2.33. The molecule has 0 aliphatic carbocycles. The number of hydrogen-bond acceptors (Lipinski definition) is 4. The van der Waals surface area contributed by atoms with Crippen LogP contribution in [0.2, 0.25) is 0 Å². The number of nitrogens with one attached hydrogen (secondary N) is 1. The molecule has 7 heteroatoms. The van der Waals surface area contributed by atoms with E-state index >= 15 is 0 Å². The summed E-state index contributed by atoms with van der Waals surface area (Å²) in [6, 6.07) is 13.7. The molecule has 1 unspecified atom stereocenters. The number of nitrogens with zero attached hydrogens (tertiary/aromatic N) is 1. The van der Waals surface area contributed by atoms with Crippen molar-refractivity contribution in [2.45, 2.75) is 17.9 Å². The zero-order chi connectivity index (χ0) is 16.9. The van der Waals surface area contributed by atoms with Gasteiger partial charge in [-0.25, -0.2) is 17.5 Å². The van der Waals surface area contributed by atoms with Crippen molar-refractivity contribution in [3.8, 4) is 11.8 Å². The van der Waals surface area contributed by atoms with Crippen LogP contribution in [0.15, 0.2) is 53.4 Å². The summed E-state index contributed by atoms with van der Waals surface area (Å²) in [4.78, 5) is -0.164. The molecule has 0 heterocycles. The van der Waals surface area contributed by atoms with Gasteiger partial charge in [0.25, 0.3) is 0 Å². The Morgan fingerprint density at radius 1 is 1.26 bits per heavy atom. The monoisotopic (exact) mass is 334 g/mol. The zero-order valence-electron chi connectivity index (χ0n) is 12.4. The van der Waals surface area contributed by atoms with Gasteiger partial charge in [-0.3, -0.25) is 0 Å². The number of rotatable bonds is 6. The summed E-state index contributed by atoms with van der Waals surface area (Å²) < 4.78 is 45.5. The lowest BCUT2D eigenvalue weighted by molar-refractivity contribution is 0.225. The van der Waals surface area contributed by atoms with E-state index in [1.165, 1.54) is 0 Å². The summed E-state index contributed by atoms with van der Waals surface area (Å²) in [6.45, 7) is 1.76. The van der Waals surface area contributed by atoms with Crippen molar-refractivity contribution < 1.29 is 17.5 Å². The van der Waals surface area contributed by atoms with Gasteiger partial charge in [-0.15, -0.1) is 0 Å². The quantitative estimate of drug-likeness (QED) is 0.880. The summed E-state index contributed by atoms with van der Waals surface area (Å²) in [6.07, 6.45) is -0.400. The SMILES string of the molecule is CC(CNS(=O)(=O)c1ccc(F)c(C#N)c1)Oc1ccccc1. The largest absolute Gasteiger partial charge is 0.489 e. The van der Waals surface area contributed by atoms with Gasteiger partial charge in [0, 0.05) is 6.54 Å². The summed E-state index contributed by atoms with van der Waals surface area (Å²) in [5, 5.41) is 8.77. The van der Waals surface area contributed by atoms with E-state index in [4.69, 9.17) is 10.00 Å². The van der Waals surface area contributed by atoms with Crippen LogP contribution in [-0.4, -0.2) is 21.1 Å². The van der Waals surface area contributed by atoms with Crippen molar-refractivity contribution in [3.63, 3.8) is 0 Å². The highest BCUT2D eigenvalue weighted by molar-refractivity contribution is 7.89. The average molecular weight is 334 g/mol. The maximum absolute atomic E-state index is 13.3. The van der Waals surface area contributed by atoms with Crippen LogP contribution in [0.1, 0.15) is 12.5 Å². The van der Waals surface area contributed by atoms with Gasteiger partial charge in [-0.05, 0) is 37.3 Å². The highest BCUT2D eigenvalue weighted by atomic mass is 32.2. The third-order valence-electron chi connectivity index (χ3n) is 3.01. The Kier molecular flexibility index (Phi) is 5.32. The Balaban J connectivity index is 2.03. The van der Waals surface area contributed by atoms with E-state index in [1.807, 2.05) is 18.2 Å². The molecule has 0 radical (unpaired) electrons. The highest BCUT2D eigenvalue weighted by Gasteiger charge is 2.17. The minimum Gasteiger partial charge on any atom is -0.489 e. The van der Waals surface area contributed by atoms with Crippen LogP contribution in [0.25, 0.3) is 0 Å². The van der Waals surface area contributed by atoms with Gasteiger partial charge in [0.1, 0.15) is 23.7 Å². The van der Waals surface area contributed by atoms with Gasteiger partial charge in [-0.2, -0.15) is 5.26 Å². The normalized spacial score (nSPS) is 12.4. The molecule has 0 aliphatic rings. The van der Waals surface area contributed by atoms with Crippen LogP contribution in [-0.2, 0) is 10.0 Å². The Hall–Kier alpha value is -2.43. The second kappa shape index (κ2) is 7.22. The predicted molar refractivity (Wildman–Crippen MR) is 82.8 cm³/mol. The molecule has 0 bridgehead atoms. The molecule has 120 valence electrons. The van der Waals surface area contributed by atoms with Crippen molar-refractivity contribution in [2.75, 3.05) is 6.54 Å². The topological polar surface area (TPSA) is 79.2 Å². The van der Waals surface area contributed by atoms with Gasteiger partial charge < -0.3 is 4.74 Å². The van der Waals surface area contributed by atoms with E-state index < -0.39 is 21.9 Å². The molecule has 2 aromatic carbocycles. The van der Waals surface area contributed by atoms with E-state index in [1.54, 1.807) is 25.1 Å². The van der Waals surface area contributed by atoms with E-state index in [0.717, 1.165) is 18.2 Å². The first-order chi connectivity index (χ1) is 10.9. The van der Waals surface area contributed by atoms with Crippen LogP contribution < -0.4 is 9.46 Å². The highest BCUT2D eigenvalue weighted by Crippen LogP contribution is 2.15. The molecule has 0 aromatic heterocycles. The standard InChI is InChI=1S/C16H15FN2O3S/c1-12(22-14-5-3-2-4-6-14)11-19-23(20,21)15-7-8-16(17)13(9-15)10-18/h2-9,12,19H,11H2,1H3. The number of halogens is 1. The molecular formula is C16H15FN2O3S. The first-order valence-corrected chi connectivity index (χ1v) is 8.32. The van der Waals surface area contributed by atoms with Gasteiger partial charge in [0.05, 0.1) is 10.5 Å². The smallest absolute Gasteiger partial charge is 0.240 e. The molecule has 2 rings (SSSR count). The van der Waals surface area contributed by atoms with Crippen LogP contribution in [0.3, 0.4) is 0 Å². The van der Waals surface area contributed by atoms with E-state index in [-0.39, 0.29) is 17.0 Å². The molecule has 0 spiro atoms. The van der Waals surface area contributed by atoms with Crippen LogP contribution >= 0.6 is 0 Å². The molecule has 0 aliphatic heterocycles. The van der Waals surface area contributed by atoms with Crippen molar-refractivity contribution in [3.05, 3.63) is 59.9 Å². The van der Waals surface area contributed by atoms with Crippen molar-refractivity contribution >= 4 is 10.0 Å². The summed E-state index contributed by atoms with van der Waals surface area (Å²) in [7, 11) is -3.84. The lowest BCUT2D eigenvalue weighted by Gasteiger charge is -2.15. The minimum atomic E-state index is -3.84. The van der Waals surface area contributed by atoms with Crippen molar-refractivity contribution in [1.82, 2.24) is 4.72 Å². The second-order valence-electron chi connectivity index (χ2n) is 4.85. The van der Waals surface area contributed by atoms with Crippen molar-refractivity contribution in [2.24, 2.45) is 0 Å². The molecule has 23 heavy (non-hydrogen) atoms. The van der Waals surface area contributed by atoms with Gasteiger partial charge in [0.15, 0.2) is 0 Å².